The van der Waals surface area contributed by atoms with Crippen molar-refractivity contribution >= 4 is 17.2 Å². The summed E-state index contributed by atoms with van der Waals surface area (Å²) in [4.78, 5) is 11.7. The van der Waals surface area contributed by atoms with E-state index in [1.807, 2.05) is 13.0 Å². The first kappa shape index (κ1) is 12.2. The highest BCUT2D eigenvalue weighted by Gasteiger charge is 2.19. The Morgan fingerprint density at radius 2 is 2.27 bits per heavy atom. The maximum Gasteiger partial charge on any atom is 0.216 e. The Morgan fingerprint density at radius 1 is 1.60 bits per heavy atom. The Balaban J connectivity index is 2.52. The molecule has 0 aliphatic heterocycles. The quantitative estimate of drug-likeness (QED) is 0.707. The molecule has 1 aromatic rings. The summed E-state index contributed by atoms with van der Waals surface area (Å²) in [6, 6.07) is 1.83. The minimum Gasteiger partial charge on any atom is -0.388 e. The van der Waals surface area contributed by atoms with E-state index in [0.717, 1.165) is 4.88 Å². The number of hydrogen-bond donors (Lipinski definition) is 3. The molecule has 1 aromatic heterocycles. The lowest BCUT2D eigenvalue weighted by molar-refractivity contribution is -0.119. The molecule has 0 spiro atoms. The van der Waals surface area contributed by atoms with Crippen LogP contribution in [0.15, 0.2) is 11.4 Å². The molecule has 15 heavy (non-hydrogen) atoms. The third-order valence-corrected chi connectivity index (χ3v) is 2.90. The third kappa shape index (κ3) is 3.62. The van der Waals surface area contributed by atoms with Crippen molar-refractivity contribution < 1.29 is 15.0 Å². The number of thiophene rings is 1. The van der Waals surface area contributed by atoms with Gasteiger partial charge in [-0.15, -0.1) is 11.3 Å². The Morgan fingerprint density at radius 3 is 2.73 bits per heavy atom. The summed E-state index contributed by atoms with van der Waals surface area (Å²) in [5, 5.41) is 23.5. The van der Waals surface area contributed by atoms with E-state index in [9.17, 15) is 15.0 Å². The lowest BCUT2D eigenvalue weighted by Crippen LogP contribution is -2.34. The molecule has 2 atom stereocenters. The highest BCUT2D eigenvalue weighted by molar-refractivity contribution is 7.10. The van der Waals surface area contributed by atoms with Crippen LogP contribution in [-0.4, -0.2) is 28.8 Å². The number of aryl methyl sites for hydroxylation is 1. The maximum atomic E-state index is 10.6. The van der Waals surface area contributed by atoms with Crippen LogP contribution >= 0.6 is 11.3 Å². The van der Waals surface area contributed by atoms with Crippen molar-refractivity contribution in [3.05, 3.63) is 21.9 Å². The number of amides is 1. The number of carbonyl (C=O) groups is 1. The van der Waals surface area contributed by atoms with Gasteiger partial charge in [-0.3, -0.25) is 4.79 Å². The van der Waals surface area contributed by atoms with Gasteiger partial charge < -0.3 is 15.5 Å². The number of rotatable bonds is 4. The summed E-state index contributed by atoms with van der Waals surface area (Å²) in [6.45, 7) is 3.36. The Hall–Kier alpha value is -0.910. The summed E-state index contributed by atoms with van der Waals surface area (Å²) in [7, 11) is 0. The van der Waals surface area contributed by atoms with Gasteiger partial charge in [-0.25, -0.2) is 0 Å². The number of carbonyl (C=O) groups excluding carboxylic acids is 1. The lowest BCUT2D eigenvalue weighted by atomic mass is 10.1. The van der Waals surface area contributed by atoms with E-state index in [0.29, 0.717) is 5.56 Å². The molecule has 84 valence electrons. The number of aliphatic hydroxyl groups excluding tert-OH is 2. The summed E-state index contributed by atoms with van der Waals surface area (Å²) in [6.07, 6.45) is -1.91. The molecule has 1 heterocycles. The minimum atomic E-state index is -0.970. The van der Waals surface area contributed by atoms with Gasteiger partial charge >= 0.3 is 0 Å². The van der Waals surface area contributed by atoms with Crippen molar-refractivity contribution in [1.29, 1.82) is 0 Å². The van der Waals surface area contributed by atoms with Gasteiger partial charge in [-0.1, -0.05) is 0 Å². The minimum absolute atomic E-state index is 0.0609. The molecule has 0 fully saturated rings. The molecule has 0 aromatic carbocycles. The molecule has 0 saturated heterocycles. The predicted octanol–water partition coefficient (Wildman–Crippen LogP) is 0.587. The van der Waals surface area contributed by atoms with Crippen LogP contribution in [0.25, 0.3) is 0 Å². The number of aliphatic hydroxyl groups is 2. The van der Waals surface area contributed by atoms with Gasteiger partial charge in [0.2, 0.25) is 5.91 Å². The molecule has 0 radical (unpaired) electrons. The third-order valence-electron chi connectivity index (χ3n) is 2.02. The van der Waals surface area contributed by atoms with Gasteiger partial charge in [0, 0.05) is 18.3 Å². The second-order valence-electron chi connectivity index (χ2n) is 3.44. The largest absolute Gasteiger partial charge is 0.388 e. The van der Waals surface area contributed by atoms with E-state index in [2.05, 4.69) is 5.32 Å². The van der Waals surface area contributed by atoms with Gasteiger partial charge in [0.05, 0.1) is 0 Å². The molecule has 5 heteroatoms. The molecule has 1 rings (SSSR count). The van der Waals surface area contributed by atoms with Gasteiger partial charge in [0.25, 0.3) is 0 Å². The van der Waals surface area contributed by atoms with Gasteiger partial charge in [-0.2, -0.15) is 0 Å². The van der Waals surface area contributed by atoms with Crippen LogP contribution in [0.2, 0.25) is 0 Å². The van der Waals surface area contributed by atoms with Crippen LogP contribution in [0.1, 0.15) is 23.5 Å². The molecule has 0 bridgehead atoms. The van der Waals surface area contributed by atoms with E-state index < -0.39 is 12.2 Å². The zero-order chi connectivity index (χ0) is 11.4. The highest BCUT2D eigenvalue weighted by atomic mass is 32.1. The normalized spacial score (nSPS) is 14.7. The van der Waals surface area contributed by atoms with Crippen LogP contribution in [0.4, 0.5) is 0 Å². The van der Waals surface area contributed by atoms with Crippen molar-refractivity contribution in [2.45, 2.75) is 26.1 Å². The number of hydrogen-bond acceptors (Lipinski definition) is 4. The SMILES string of the molecule is CC(=O)NCC(O)C(O)c1csc(C)c1. The van der Waals surface area contributed by atoms with Gasteiger partial charge in [-0.05, 0) is 23.9 Å². The summed E-state index contributed by atoms with van der Waals surface area (Å²) >= 11 is 1.52. The molecular weight excluding hydrogens is 214 g/mol. The van der Waals surface area contributed by atoms with E-state index >= 15 is 0 Å². The first-order chi connectivity index (χ1) is 7.00. The fourth-order valence-corrected chi connectivity index (χ4v) is 1.93. The fraction of sp³-hybridized carbons (Fsp3) is 0.500. The summed E-state index contributed by atoms with van der Waals surface area (Å²) < 4.78 is 0. The Bertz CT molecular complexity index is 337. The van der Waals surface area contributed by atoms with Crippen LogP contribution in [-0.2, 0) is 4.79 Å². The lowest BCUT2D eigenvalue weighted by Gasteiger charge is -2.16. The molecule has 4 nitrogen and oxygen atoms in total. The first-order valence-electron chi connectivity index (χ1n) is 4.66. The van der Waals surface area contributed by atoms with Crippen LogP contribution in [0, 0.1) is 6.92 Å². The van der Waals surface area contributed by atoms with Crippen molar-refractivity contribution in [2.24, 2.45) is 0 Å². The second kappa shape index (κ2) is 5.25. The first-order valence-corrected chi connectivity index (χ1v) is 5.54. The molecule has 0 aliphatic carbocycles. The van der Waals surface area contributed by atoms with E-state index in [4.69, 9.17) is 0 Å². The average Bonchev–Trinajstić information content (AvgIpc) is 2.60. The summed E-state index contributed by atoms with van der Waals surface area (Å²) in [5.41, 5.74) is 0.690. The van der Waals surface area contributed by atoms with Crippen LogP contribution in [0.5, 0.6) is 0 Å². The van der Waals surface area contributed by atoms with Crippen molar-refractivity contribution in [1.82, 2.24) is 5.32 Å². The maximum absolute atomic E-state index is 10.6. The van der Waals surface area contributed by atoms with E-state index in [1.54, 1.807) is 5.38 Å². The zero-order valence-electron chi connectivity index (χ0n) is 8.73. The molecular formula is C10H15NO3S. The van der Waals surface area contributed by atoms with Gasteiger partial charge in [0.15, 0.2) is 0 Å². The van der Waals surface area contributed by atoms with E-state index in [1.165, 1.54) is 18.3 Å². The van der Waals surface area contributed by atoms with Gasteiger partial charge in [0.1, 0.15) is 12.2 Å². The Labute approximate surface area is 92.6 Å². The summed E-state index contributed by atoms with van der Waals surface area (Å²) in [5.74, 6) is -0.220. The topological polar surface area (TPSA) is 69.6 Å². The smallest absolute Gasteiger partial charge is 0.216 e. The molecule has 2 unspecified atom stereocenters. The molecule has 0 saturated carbocycles. The second-order valence-corrected chi connectivity index (χ2v) is 4.56. The molecule has 1 amide bonds. The molecule has 3 N–H and O–H groups in total. The van der Waals surface area contributed by atoms with Crippen LogP contribution in [0.3, 0.4) is 0 Å². The van der Waals surface area contributed by atoms with E-state index in [-0.39, 0.29) is 12.5 Å². The standard InChI is InChI=1S/C10H15NO3S/c1-6-3-8(5-15-6)10(14)9(13)4-11-7(2)12/h3,5,9-10,13-14H,4H2,1-2H3,(H,11,12). The predicted molar refractivity (Wildman–Crippen MR) is 58.7 cm³/mol. The highest BCUT2D eigenvalue weighted by Crippen LogP contribution is 2.22. The number of nitrogens with one attached hydrogen (secondary N) is 1. The van der Waals surface area contributed by atoms with Crippen molar-refractivity contribution in [3.63, 3.8) is 0 Å². The Kier molecular flexibility index (Phi) is 4.26. The molecule has 0 aliphatic rings. The average molecular weight is 229 g/mol. The van der Waals surface area contributed by atoms with Crippen LogP contribution < -0.4 is 5.32 Å². The monoisotopic (exact) mass is 229 g/mol. The van der Waals surface area contributed by atoms with Crippen molar-refractivity contribution in [3.8, 4) is 0 Å². The van der Waals surface area contributed by atoms with Crippen molar-refractivity contribution in [2.75, 3.05) is 6.54 Å². The fourth-order valence-electron chi connectivity index (χ4n) is 1.20. The zero-order valence-corrected chi connectivity index (χ0v) is 9.54.